The van der Waals surface area contributed by atoms with Crippen molar-refractivity contribution in [1.29, 1.82) is 0 Å². The molecule has 84 valence electrons. The van der Waals surface area contributed by atoms with E-state index in [1.54, 1.807) is 0 Å². The molecule has 1 saturated carbocycles. The second-order valence-corrected chi connectivity index (χ2v) is 5.18. The molecule has 0 saturated heterocycles. The molecule has 0 aromatic carbocycles. The Kier molecular flexibility index (Phi) is 3.87. The highest BCUT2D eigenvalue weighted by Gasteiger charge is 2.17. The van der Waals surface area contributed by atoms with Crippen molar-refractivity contribution in [2.24, 2.45) is 5.92 Å². The zero-order valence-electron chi connectivity index (χ0n) is 9.13. The summed E-state index contributed by atoms with van der Waals surface area (Å²) >= 11 is 3.32. The predicted octanol–water partition coefficient (Wildman–Crippen LogP) is 3.88. The molecule has 3 heteroatoms. The average Bonchev–Trinajstić information content (AvgIpc) is 2.56. The van der Waals surface area contributed by atoms with E-state index >= 15 is 0 Å². The molecule has 0 amide bonds. The minimum Gasteiger partial charge on any atom is -0.453 e. The normalized spacial score (nSPS) is 18.8. The molecule has 2 nitrogen and oxygen atoms in total. The van der Waals surface area contributed by atoms with Crippen LogP contribution >= 0.6 is 15.9 Å². The predicted molar refractivity (Wildman–Crippen MR) is 64.8 cm³/mol. The van der Waals surface area contributed by atoms with Gasteiger partial charge in [0, 0.05) is 0 Å². The number of hydrogen-bond donors (Lipinski definition) is 1. The average molecular weight is 272 g/mol. The van der Waals surface area contributed by atoms with Gasteiger partial charge in [-0.15, -0.1) is 0 Å². The maximum atomic E-state index is 5.50. The number of furan rings is 1. The summed E-state index contributed by atoms with van der Waals surface area (Å²) in [5, 5.41) is 3.50. The van der Waals surface area contributed by atoms with Crippen LogP contribution in [0.1, 0.15) is 44.4 Å². The molecular formula is C12H18BrNO. The summed E-state index contributed by atoms with van der Waals surface area (Å²) in [5.74, 6) is 1.99. The van der Waals surface area contributed by atoms with Gasteiger partial charge in [-0.2, -0.15) is 0 Å². The molecule has 1 unspecified atom stereocenters. The maximum Gasteiger partial charge on any atom is 0.169 e. The van der Waals surface area contributed by atoms with Crippen molar-refractivity contribution in [2.45, 2.75) is 38.6 Å². The summed E-state index contributed by atoms with van der Waals surface area (Å²) in [6.45, 7) is 3.25. The monoisotopic (exact) mass is 271 g/mol. The molecule has 1 atom stereocenters. The van der Waals surface area contributed by atoms with Crippen LogP contribution in [-0.2, 0) is 0 Å². The molecule has 1 aliphatic rings. The summed E-state index contributed by atoms with van der Waals surface area (Å²) in [7, 11) is 0. The summed E-state index contributed by atoms with van der Waals surface area (Å²) in [4.78, 5) is 0. The maximum absolute atomic E-state index is 5.50. The fourth-order valence-corrected chi connectivity index (χ4v) is 2.27. The lowest BCUT2D eigenvalue weighted by molar-refractivity contribution is 0.285. The molecule has 0 bridgehead atoms. The van der Waals surface area contributed by atoms with E-state index in [0.29, 0.717) is 6.04 Å². The first-order chi connectivity index (χ1) is 7.25. The van der Waals surface area contributed by atoms with Crippen molar-refractivity contribution < 1.29 is 4.42 Å². The number of hydrogen-bond acceptors (Lipinski definition) is 2. The van der Waals surface area contributed by atoms with Crippen molar-refractivity contribution in [3.05, 3.63) is 22.6 Å². The minimum absolute atomic E-state index is 0.316. The third-order valence-corrected chi connectivity index (χ3v) is 3.67. The molecule has 1 heterocycles. The molecule has 15 heavy (non-hydrogen) atoms. The van der Waals surface area contributed by atoms with Crippen LogP contribution in [0.5, 0.6) is 0 Å². The largest absolute Gasteiger partial charge is 0.453 e. The molecule has 1 N–H and O–H groups in total. The van der Waals surface area contributed by atoms with Crippen LogP contribution in [0.25, 0.3) is 0 Å². The Bertz CT molecular complexity index is 306. The zero-order valence-corrected chi connectivity index (χ0v) is 10.7. The van der Waals surface area contributed by atoms with Crippen molar-refractivity contribution >= 4 is 15.9 Å². The van der Waals surface area contributed by atoms with Gasteiger partial charge in [0.25, 0.3) is 0 Å². The Morgan fingerprint density at radius 2 is 2.33 bits per heavy atom. The van der Waals surface area contributed by atoms with Gasteiger partial charge in [-0.05, 0) is 53.9 Å². The molecule has 0 aliphatic heterocycles. The van der Waals surface area contributed by atoms with E-state index in [1.165, 1.54) is 25.7 Å². The van der Waals surface area contributed by atoms with Gasteiger partial charge in [0.15, 0.2) is 4.67 Å². The highest BCUT2D eigenvalue weighted by molar-refractivity contribution is 9.10. The Morgan fingerprint density at radius 3 is 2.87 bits per heavy atom. The van der Waals surface area contributed by atoms with Crippen molar-refractivity contribution in [3.63, 3.8) is 0 Å². The molecule has 0 radical (unpaired) electrons. The molecule has 1 aromatic rings. The highest BCUT2D eigenvalue weighted by Crippen LogP contribution is 2.29. The van der Waals surface area contributed by atoms with Crippen LogP contribution in [0, 0.1) is 5.92 Å². The Morgan fingerprint density at radius 1 is 1.53 bits per heavy atom. The fourth-order valence-electron chi connectivity index (χ4n) is 1.95. The SMILES string of the molecule is CC(NCCC1CCC1)c1ccc(Br)o1. The first-order valence-electron chi connectivity index (χ1n) is 5.74. The van der Waals surface area contributed by atoms with Gasteiger partial charge >= 0.3 is 0 Å². The molecule has 2 rings (SSSR count). The smallest absolute Gasteiger partial charge is 0.169 e. The Hall–Kier alpha value is -0.280. The lowest BCUT2D eigenvalue weighted by atomic mass is 9.83. The van der Waals surface area contributed by atoms with Gasteiger partial charge in [-0.1, -0.05) is 19.3 Å². The first kappa shape index (κ1) is 11.2. The van der Waals surface area contributed by atoms with E-state index in [4.69, 9.17) is 4.42 Å². The summed E-state index contributed by atoms with van der Waals surface area (Å²) < 4.78 is 6.31. The van der Waals surface area contributed by atoms with Gasteiger partial charge in [-0.25, -0.2) is 0 Å². The van der Waals surface area contributed by atoms with Crippen molar-refractivity contribution in [1.82, 2.24) is 5.32 Å². The third-order valence-electron chi connectivity index (χ3n) is 3.25. The standard InChI is InChI=1S/C12H18BrNO/c1-9(11-5-6-12(13)15-11)14-8-7-10-3-2-4-10/h5-6,9-10,14H,2-4,7-8H2,1H3. The second kappa shape index (κ2) is 5.17. The van der Waals surface area contributed by atoms with Gasteiger partial charge in [-0.3, -0.25) is 0 Å². The fraction of sp³-hybridized carbons (Fsp3) is 0.667. The van der Waals surface area contributed by atoms with Crippen LogP contribution < -0.4 is 5.32 Å². The zero-order chi connectivity index (χ0) is 10.7. The second-order valence-electron chi connectivity index (χ2n) is 4.40. The minimum atomic E-state index is 0.316. The van der Waals surface area contributed by atoms with Gasteiger partial charge in [0.05, 0.1) is 6.04 Å². The van der Waals surface area contributed by atoms with Crippen LogP contribution in [-0.4, -0.2) is 6.54 Å². The highest BCUT2D eigenvalue weighted by atomic mass is 79.9. The molecule has 0 spiro atoms. The number of rotatable bonds is 5. The van der Waals surface area contributed by atoms with Crippen LogP contribution in [0.4, 0.5) is 0 Å². The number of halogens is 1. The summed E-state index contributed by atoms with van der Waals surface area (Å²) in [6.07, 6.45) is 5.61. The van der Waals surface area contributed by atoms with Gasteiger partial charge < -0.3 is 9.73 Å². The van der Waals surface area contributed by atoms with Gasteiger partial charge in [0.2, 0.25) is 0 Å². The first-order valence-corrected chi connectivity index (χ1v) is 6.53. The van der Waals surface area contributed by atoms with E-state index in [1.807, 2.05) is 12.1 Å². The summed E-state index contributed by atoms with van der Waals surface area (Å²) in [5.41, 5.74) is 0. The van der Waals surface area contributed by atoms with Crippen LogP contribution in [0.15, 0.2) is 21.2 Å². The van der Waals surface area contributed by atoms with E-state index in [9.17, 15) is 0 Å². The molecule has 1 aromatic heterocycles. The molecular weight excluding hydrogens is 254 g/mol. The molecule has 1 fully saturated rings. The van der Waals surface area contributed by atoms with E-state index in [-0.39, 0.29) is 0 Å². The van der Waals surface area contributed by atoms with Crippen LogP contribution in [0.2, 0.25) is 0 Å². The Balaban J connectivity index is 1.69. The molecule has 1 aliphatic carbocycles. The topological polar surface area (TPSA) is 25.2 Å². The van der Waals surface area contributed by atoms with E-state index < -0.39 is 0 Å². The Labute approximate surface area is 99.6 Å². The van der Waals surface area contributed by atoms with Crippen molar-refractivity contribution in [2.75, 3.05) is 6.54 Å². The third kappa shape index (κ3) is 3.08. The van der Waals surface area contributed by atoms with E-state index in [0.717, 1.165) is 22.9 Å². The lowest BCUT2D eigenvalue weighted by Crippen LogP contribution is -2.23. The van der Waals surface area contributed by atoms with Gasteiger partial charge in [0.1, 0.15) is 5.76 Å². The summed E-state index contributed by atoms with van der Waals surface area (Å²) in [6, 6.07) is 4.28. The lowest BCUT2D eigenvalue weighted by Gasteiger charge is -2.25. The van der Waals surface area contributed by atoms with E-state index in [2.05, 4.69) is 28.2 Å². The number of nitrogens with one attached hydrogen (secondary N) is 1. The van der Waals surface area contributed by atoms with Crippen LogP contribution in [0.3, 0.4) is 0 Å². The van der Waals surface area contributed by atoms with Crippen molar-refractivity contribution in [3.8, 4) is 0 Å². The quantitative estimate of drug-likeness (QED) is 0.879.